The van der Waals surface area contributed by atoms with Gasteiger partial charge in [-0.1, -0.05) is 12.1 Å². The summed E-state index contributed by atoms with van der Waals surface area (Å²) in [5.41, 5.74) is -0.262. The third-order valence-electron chi connectivity index (χ3n) is 1.93. The van der Waals surface area contributed by atoms with Gasteiger partial charge in [0.25, 0.3) is 0 Å². The van der Waals surface area contributed by atoms with Crippen LogP contribution in [0.4, 0.5) is 10.5 Å². The maximum absolute atomic E-state index is 11.6. The van der Waals surface area contributed by atoms with Crippen LogP contribution in [0.1, 0.15) is 20.8 Å². The number of urea groups is 1. The lowest BCUT2D eigenvalue weighted by Crippen LogP contribution is -2.43. The van der Waals surface area contributed by atoms with Crippen molar-refractivity contribution in [1.29, 1.82) is 0 Å². The normalized spacial score (nSPS) is 12.0. The average Bonchev–Trinajstić information content (AvgIpc) is 2.13. The minimum atomic E-state index is -3.87. The molecule has 0 radical (unpaired) electrons. The van der Waals surface area contributed by atoms with Gasteiger partial charge in [-0.2, -0.15) is 0 Å². The van der Waals surface area contributed by atoms with Crippen LogP contribution in [0.15, 0.2) is 29.2 Å². The van der Waals surface area contributed by atoms with Crippen LogP contribution in [-0.4, -0.2) is 20.0 Å². The van der Waals surface area contributed by atoms with E-state index in [9.17, 15) is 13.2 Å². The van der Waals surface area contributed by atoms with Gasteiger partial charge in [-0.25, -0.2) is 18.4 Å². The Labute approximate surface area is 107 Å². The summed E-state index contributed by atoms with van der Waals surface area (Å²) in [7, 11) is -3.87. The highest BCUT2D eigenvalue weighted by Crippen LogP contribution is 2.19. The Hall–Kier alpha value is -1.60. The second kappa shape index (κ2) is 4.95. The van der Waals surface area contributed by atoms with Gasteiger partial charge < -0.3 is 10.6 Å². The Morgan fingerprint density at radius 3 is 2.28 bits per heavy atom. The van der Waals surface area contributed by atoms with E-state index in [-0.39, 0.29) is 10.6 Å². The number of nitrogens with two attached hydrogens (primary N) is 1. The van der Waals surface area contributed by atoms with Crippen LogP contribution < -0.4 is 15.8 Å². The zero-order chi connectivity index (χ0) is 14.0. The van der Waals surface area contributed by atoms with Gasteiger partial charge in [0.05, 0.1) is 5.69 Å². The van der Waals surface area contributed by atoms with Gasteiger partial charge in [-0.15, -0.1) is 0 Å². The maximum atomic E-state index is 11.6. The quantitative estimate of drug-likeness (QED) is 0.754. The first-order valence-corrected chi connectivity index (χ1v) is 6.85. The van der Waals surface area contributed by atoms with Crippen molar-refractivity contribution < 1.29 is 13.2 Å². The van der Waals surface area contributed by atoms with Crippen molar-refractivity contribution in [1.82, 2.24) is 5.32 Å². The van der Waals surface area contributed by atoms with Gasteiger partial charge in [0.2, 0.25) is 10.0 Å². The van der Waals surface area contributed by atoms with E-state index in [0.29, 0.717) is 0 Å². The number of carbonyl (C=O) groups excluding carboxylic acids is 1. The zero-order valence-electron chi connectivity index (χ0n) is 10.5. The van der Waals surface area contributed by atoms with Crippen molar-refractivity contribution in [3.05, 3.63) is 24.3 Å². The molecule has 0 aliphatic carbocycles. The Balaban J connectivity index is 2.96. The molecular weight excluding hydrogens is 254 g/mol. The number of hydrogen-bond acceptors (Lipinski definition) is 3. The fourth-order valence-electron chi connectivity index (χ4n) is 1.31. The lowest BCUT2D eigenvalue weighted by atomic mass is 10.1. The molecule has 1 rings (SSSR count). The molecule has 2 amide bonds. The maximum Gasteiger partial charge on any atom is 0.319 e. The first-order chi connectivity index (χ1) is 8.09. The van der Waals surface area contributed by atoms with E-state index in [2.05, 4.69) is 10.6 Å². The fourth-order valence-corrected chi connectivity index (χ4v) is 2.01. The van der Waals surface area contributed by atoms with E-state index in [0.717, 1.165) is 0 Å². The topological polar surface area (TPSA) is 101 Å². The molecule has 0 saturated heterocycles. The summed E-state index contributed by atoms with van der Waals surface area (Å²) < 4.78 is 22.7. The number of primary sulfonamides is 1. The minimum Gasteiger partial charge on any atom is -0.333 e. The summed E-state index contributed by atoms with van der Waals surface area (Å²) in [4.78, 5) is 11.5. The summed E-state index contributed by atoms with van der Waals surface area (Å²) >= 11 is 0. The molecule has 4 N–H and O–H groups in total. The highest BCUT2D eigenvalue weighted by atomic mass is 32.2. The first-order valence-electron chi connectivity index (χ1n) is 5.30. The van der Waals surface area contributed by atoms with Crippen LogP contribution in [-0.2, 0) is 10.0 Å². The molecule has 100 valence electrons. The molecule has 1 aromatic carbocycles. The molecule has 6 nitrogen and oxygen atoms in total. The second-order valence-electron chi connectivity index (χ2n) is 4.87. The summed E-state index contributed by atoms with van der Waals surface area (Å²) in [5.74, 6) is 0. The SMILES string of the molecule is CC(C)(C)NC(=O)Nc1ccccc1S(N)(=O)=O. The Kier molecular flexibility index (Phi) is 3.98. The highest BCUT2D eigenvalue weighted by Gasteiger charge is 2.17. The molecule has 0 aliphatic rings. The monoisotopic (exact) mass is 271 g/mol. The van der Waals surface area contributed by atoms with E-state index < -0.39 is 21.6 Å². The molecule has 0 spiro atoms. The standard InChI is InChI=1S/C11H17N3O3S/c1-11(2,3)14-10(15)13-8-6-4-5-7-9(8)18(12,16)17/h4-7H,1-3H3,(H2,12,16,17)(H2,13,14,15). The third-order valence-corrected chi connectivity index (χ3v) is 2.90. The van der Waals surface area contributed by atoms with Gasteiger partial charge in [0.15, 0.2) is 0 Å². The van der Waals surface area contributed by atoms with Crippen molar-refractivity contribution in [3.63, 3.8) is 0 Å². The molecular formula is C11H17N3O3S. The molecule has 0 heterocycles. The van der Waals surface area contributed by atoms with Crippen LogP contribution in [0, 0.1) is 0 Å². The van der Waals surface area contributed by atoms with Gasteiger partial charge in [-0.3, -0.25) is 0 Å². The Morgan fingerprint density at radius 2 is 1.78 bits per heavy atom. The summed E-state index contributed by atoms with van der Waals surface area (Å²) in [5, 5.41) is 10.2. The van der Waals surface area contributed by atoms with Crippen molar-refractivity contribution in [3.8, 4) is 0 Å². The van der Waals surface area contributed by atoms with Gasteiger partial charge in [-0.05, 0) is 32.9 Å². The molecule has 1 aromatic rings. The minimum absolute atomic E-state index is 0.117. The van der Waals surface area contributed by atoms with Crippen LogP contribution in [0.3, 0.4) is 0 Å². The summed E-state index contributed by atoms with van der Waals surface area (Å²) in [6.07, 6.45) is 0. The average molecular weight is 271 g/mol. The largest absolute Gasteiger partial charge is 0.333 e. The molecule has 0 aromatic heterocycles. The number of para-hydroxylation sites is 1. The van der Waals surface area contributed by atoms with Crippen molar-refractivity contribution in [2.45, 2.75) is 31.2 Å². The van der Waals surface area contributed by atoms with Gasteiger partial charge in [0.1, 0.15) is 4.90 Å². The van der Waals surface area contributed by atoms with E-state index >= 15 is 0 Å². The van der Waals surface area contributed by atoms with Gasteiger partial charge in [0, 0.05) is 5.54 Å². The molecule has 18 heavy (non-hydrogen) atoms. The van der Waals surface area contributed by atoms with Crippen molar-refractivity contribution in [2.24, 2.45) is 5.14 Å². The number of rotatable bonds is 2. The number of sulfonamides is 1. The third kappa shape index (κ3) is 4.34. The first kappa shape index (κ1) is 14.5. The van der Waals surface area contributed by atoms with E-state index in [1.54, 1.807) is 6.07 Å². The molecule has 0 fully saturated rings. The predicted octanol–water partition coefficient (Wildman–Crippen LogP) is 1.25. The van der Waals surface area contributed by atoms with E-state index in [1.807, 2.05) is 20.8 Å². The second-order valence-corrected chi connectivity index (χ2v) is 6.40. The highest BCUT2D eigenvalue weighted by molar-refractivity contribution is 7.89. The van der Waals surface area contributed by atoms with E-state index in [4.69, 9.17) is 5.14 Å². The molecule has 0 atom stereocenters. The lowest BCUT2D eigenvalue weighted by molar-refractivity contribution is 0.244. The number of carbonyl (C=O) groups is 1. The van der Waals surface area contributed by atoms with Crippen LogP contribution >= 0.6 is 0 Å². The molecule has 7 heteroatoms. The van der Waals surface area contributed by atoms with Gasteiger partial charge >= 0.3 is 6.03 Å². The van der Waals surface area contributed by atoms with Crippen LogP contribution in [0.5, 0.6) is 0 Å². The summed E-state index contributed by atoms with van der Waals surface area (Å²) in [6.45, 7) is 5.45. The predicted molar refractivity (Wildman–Crippen MR) is 69.7 cm³/mol. The number of anilines is 1. The zero-order valence-corrected chi connectivity index (χ0v) is 11.3. The van der Waals surface area contributed by atoms with Crippen molar-refractivity contribution in [2.75, 3.05) is 5.32 Å². The number of benzene rings is 1. The number of amides is 2. The Morgan fingerprint density at radius 1 is 1.22 bits per heavy atom. The number of nitrogens with one attached hydrogen (secondary N) is 2. The van der Waals surface area contributed by atoms with E-state index in [1.165, 1.54) is 18.2 Å². The number of hydrogen-bond donors (Lipinski definition) is 3. The lowest BCUT2D eigenvalue weighted by Gasteiger charge is -2.21. The molecule has 0 saturated carbocycles. The van der Waals surface area contributed by atoms with Crippen LogP contribution in [0.25, 0.3) is 0 Å². The van der Waals surface area contributed by atoms with Crippen molar-refractivity contribution >= 4 is 21.7 Å². The summed E-state index contributed by atoms with van der Waals surface area (Å²) in [6, 6.07) is 5.47. The van der Waals surface area contributed by atoms with Crippen LogP contribution in [0.2, 0.25) is 0 Å². The fraction of sp³-hybridized carbons (Fsp3) is 0.364. The molecule has 0 bridgehead atoms. The molecule has 0 unspecified atom stereocenters. The Bertz CT molecular complexity index is 547. The molecule has 0 aliphatic heterocycles. The smallest absolute Gasteiger partial charge is 0.319 e.